The van der Waals surface area contributed by atoms with E-state index in [1.807, 2.05) is 0 Å². The van der Waals surface area contributed by atoms with Gasteiger partial charge in [0.2, 0.25) is 5.89 Å². The molecule has 158 valence electrons. The van der Waals surface area contributed by atoms with Crippen molar-refractivity contribution >= 4 is 40.4 Å². The Morgan fingerprint density at radius 1 is 1.03 bits per heavy atom. The normalized spacial score (nSPS) is 10.9. The summed E-state index contributed by atoms with van der Waals surface area (Å²) in [6.07, 6.45) is 1.21. The third-order valence-corrected chi connectivity index (χ3v) is 5.49. The molecule has 4 aromatic rings. The number of oxazole rings is 1. The fraction of sp³-hybridized carbons (Fsp3) is 0.167. The SMILES string of the molecule is CCc1ccc(CCNC(=O)Oc2ccc3oc(-c4c(Cl)cccc4Cl)nc3c2)cc1. The number of hydrogen-bond acceptors (Lipinski definition) is 4. The van der Waals surface area contributed by atoms with Gasteiger partial charge in [0, 0.05) is 12.6 Å². The molecule has 0 aliphatic heterocycles. The van der Waals surface area contributed by atoms with E-state index < -0.39 is 6.09 Å². The summed E-state index contributed by atoms with van der Waals surface area (Å²) in [5.74, 6) is 0.670. The van der Waals surface area contributed by atoms with E-state index in [1.165, 1.54) is 5.56 Å². The zero-order chi connectivity index (χ0) is 21.8. The number of ether oxygens (including phenoxy) is 1. The Morgan fingerprint density at radius 2 is 1.74 bits per heavy atom. The molecule has 31 heavy (non-hydrogen) atoms. The van der Waals surface area contributed by atoms with E-state index >= 15 is 0 Å². The number of amides is 1. The monoisotopic (exact) mass is 454 g/mol. The number of hydrogen-bond donors (Lipinski definition) is 1. The summed E-state index contributed by atoms with van der Waals surface area (Å²) in [5, 5.41) is 3.65. The summed E-state index contributed by atoms with van der Waals surface area (Å²) in [6.45, 7) is 2.60. The maximum Gasteiger partial charge on any atom is 0.412 e. The third kappa shape index (κ3) is 5.01. The van der Waals surface area contributed by atoms with Crippen LogP contribution in [0.15, 0.2) is 65.1 Å². The first-order valence-electron chi connectivity index (χ1n) is 9.92. The average molecular weight is 455 g/mol. The van der Waals surface area contributed by atoms with E-state index in [4.69, 9.17) is 32.4 Å². The summed E-state index contributed by atoms with van der Waals surface area (Å²) < 4.78 is 11.1. The summed E-state index contributed by atoms with van der Waals surface area (Å²) in [7, 11) is 0. The molecule has 0 aliphatic carbocycles. The van der Waals surface area contributed by atoms with Gasteiger partial charge in [-0.2, -0.15) is 0 Å². The molecule has 0 fully saturated rings. The van der Waals surface area contributed by atoms with Gasteiger partial charge in [-0.05, 0) is 48.2 Å². The first kappa shape index (κ1) is 21.2. The first-order chi connectivity index (χ1) is 15.0. The van der Waals surface area contributed by atoms with Gasteiger partial charge in [0.05, 0.1) is 15.6 Å². The number of aryl methyl sites for hydroxylation is 1. The van der Waals surface area contributed by atoms with Crippen molar-refractivity contribution in [2.24, 2.45) is 0 Å². The highest BCUT2D eigenvalue weighted by molar-refractivity contribution is 6.38. The van der Waals surface area contributed by atoms with Crippen LogP contribution >= 0.6 is 23.2 Å². The van der Waals surface area contributed by atoms with E-state index in [-0.39, 0.29) is 0 Å². The minimum Gasteiger partial charge on any atom is -0.436 e. The second-order valence-electron chi connectivity index (χ2n) is 6.98. The summed E-state index contributed by atoms with van der Waals surface area (Å²) in [4.78, 5) is 16.6. The van der Waals surface area contributed by atoms with Crippen molar-refractivity contribution in [3.8, 4) is 17.2 Å². The van der Waals surface area contributed by atoms with E-state index in [9.17, 15) is 4.79 Å². The Morgan fingerprint density at radius 3 is 2.45 bits per heavy atom. The summed E-state index contributed by atoms with van der Waals surface area (Å²) >= 11 is 12.5. The standard InChI is InChI=1S/C24H20Cl2N2O3/c1-2-15-6-8-16(9-7-15)12-13-27-24(29)30-17-10-11-21-20(14-17)28-23(31-21)22-18(25)4-3-5-19(22)26/h3-11,14H,2,12-13H2,1H3,(H,27,29). The Balaban J connectivity index is 1.39. The van der Waals surface area contributed by atoms with Crippen molar-refractivity contribution in [2.75, 3.05) is 6.54 Å². The maximum absolute atomic E-state index is 12.1. The van der Waals surface area contributed by atoms with Crippen LogP contribution in [0.4, 0.5) is 4.79 Å². The predicted molar refractivity (Wildman–Crippen MR) is 123 cm³/mol. The Labute approximate surface area is 189 Å². The molecule has 4 rings (SSSR count). The van der Waals surface area contributed by atoms with E-state index in [0.717, 1.165) is 18.4 Å². The molecule has 7 heteroatoms. The Bertz CT molecular complexity index is 1200. The van der Waals surface area contributed by atoms with Crippen LogP contribution in [0.5, 0.6) is 5.75 Å². The van der Waals surface area contributed by atoms with Crippen LogP contribution in [-0.4, -0.2) is 17.6 Å². The maximum atomic E-state index is 12.1. The summed E-state index contributed by atoms with van der Waals surface area (Å²) in [5.41, 5.74) is 4.04. The van der Waals surface area contributed by atoms with Crippen molar-refractivity contribution in [1.29, 1.82) is 0 Å². The lowest BCUT2D eigenvalue weighted by Gasteiger charge is -2.07. The number of nitrogens with one attached hydrogen (secondary N) is 1. The number of carbonyl (C=O) groups excluding carboxylic acids is 1. The molecule has 0 aliphatic rings. The molecule has 0 unspecified atom stereocenters. The fourth-order valence-electron chi connectivity index (χ4n) is 3.17. The van der Waals surface area contributed by atoms with Crippen LogP contribution in [0.25, 0.3) is 22.6 Å². The van der Waals surface area contributed by atoms with Gasteiger partial charge in [0.1, 0.15) is 11.3 Å². The van der Waals surface area contributed by atoms with Crippen molar-refractivity contribution in [3.63, 3.8) is 0 Å². The van der Waals surface area contributed by atoms with Gasteiger partial charge in [-0.25, -0.2) is 9.78 Å². The van der Waals surface area contributed by atoms with Gasteiger partial charge < -0.3 is 14.5 Å². The Kier molecular flexibility index (Phi) is 6.44. The minimum absolute atomic E-state index is 0.307. The molecule has 5 nitrogen and oxygen atoms in total. The van der Waals surface area contributed by atoms with Gasteiger partial charge in [-0.3, -0.25) is 0 Å². The van der Waals surface area contributed by atoms with Crippen LogP contribution in [0.3, 0.4) is 0 Å². The molecule has 1 aromatic heterocycles. The molecular formula is C24H20Cl2N2O3. The molecule has 0 atom stereocenters. The lowest BCUT2D eigenvalue weighted by Crippen LogP contribution is -2.28. The van der Waals surface area contributed by atoms with Gasteiger partial charge in [-0.1, -0.05) is 60.5 Å². The second-order valence-corrected chi connectivity index (χ2v) is 7.80. The highest BCUT2D eigenvalue weighted by Crippen LogP contribution is 2.36. The van der Waals surface area contributed by atoms with Gasteiger partial charge in [0.15, 0.2) is 5.58 Å². The van der Waals surface area contributed by atoms with E-state index in [2.05, 4.69) is 41.5 Å². The third-order valence-electron chi connectivity index (χ3n) is 4.86. The quantitative estimate of drug-likeness (QED) is 0.352. The lowest BCUT2D eigenvalue weighted by molar-refractivity contribution is 0.200. The number of fused-ring (bicyclic) bond motifs is 1. The molecule has 1 amide bonds. The molecule has 3 aromatic carbocycles. The fourth-order valence-corrected chi connectivity index (χ4v) is 3.73. The number of rotatable bonds is 6. The summed E-state index contributed by atoms with van der Waals surface area (Å²) in [6, 6.07) is 18.5. The molecule has 0 spiro atoms. The smallest absolute Gasteiger partial charge is 0.412 e. The van der Waals surface area contributed by atoms with Gasteiger partial charge in [-0.15, -0.1) is 0 Å². The van der Waals surface area contributed by atoms with Crippen molar-refractivity contribution in [2.45, 2.75) is 19.8 Å². The number of halogens is 2. The number of carbonyl (C=O) groups is 1. The molecule has 1 N–H and O–H groups in total. The minimum atomic E-state index is -0.526. The van der Waals surface area contributed by atoms with Crippen LogP contribution in [0.1, 0.15) is 18.1 Å². The highest BCUT2D eigenvalue weighted by atomic mass is 35.5. The highest BCUT2D eigenvalue weighted by Gasteiger charge is 2.16. The van der Waals surface area contributed by atoms with E-state index in [1.54, 1.807) is 36.4 Å². The van der Waals surface area contributed by atoms with Crippen molar-refractivity contribution in [1.82, 2.24) is 10.3 Å². The molecule has 1 heterocycles. The molecule has 0 radical (unpaired) electrons. The Hall–Kier alpha value is -3.02. The zero-order valence-electron chi connectivity index (χ0n) is 16.8. The van der Waals surface area contributed by atoms with Crippen molar-refractivity contribution in [3.05, 3.63) is 81.8 Å². The van der Waals surface area contributed by atoms with Crippen molar-refractivity contribution < 1.29 is 13.9 Å². The first-order valence-corrected chi connectivity index (χ1v) is 10.7. The zero-order valence-corrected chi connectivity index (χ0v) is 18.3. The van der Waals surface area contributed by atoms with Crippen LogP contribution in [0, 0.1) is 0 Å². The lowest BCUT2D eigenvalue weighted by atomic mass is 10.1. The molecule has 0 saturated heterocycles. The predicted octanol–water partition coefficient (Wildman–Crippen LogP) is 6.70. The molecular weight excluding hydrogens is 435 g/mol. The van der Waals surface area contributed by atoms with Gasteiger partial charge in [0.25, 0.3) is 0 Å². The molecule has 0 saturated carbocycles. The number of aromatic nitrogens is 1. The van der Waals surface area contributed by atoms with Crippen LogP contribution < -0.4 is 10.1 Å². The van der Waals surface area contributed by atoms with E-state index in [0.29, 0.717) is 44.9 Å². The largest absolute Gasteiger partial charge is 0.436 e. The van der Waals surface area contributed by atoms with Crippen LogP contribution in [-0.2, 0) is 12.8 Å². The number of nitrogens with zero attached hydrogens (tertiary/aromatic N) is 1. The van der Waals surface area contributed by atoms with Gasteiger partial charge >= 0.3 is 6.09 Å². The number of benzene rings is 3. The second kappa shape index (κ2) is 9.41. The van der Waals surface area contributed by atoms with Crippen LogP contribution in [0.2, 0.25) is 10.0 Å². The average Bonchev–Trinajstić information content (AvgIpc) is 3.17. The topological polar surface area (TPSA) is 64.4 Å². The molecule has 0 bridgehead atoms.